The number of hydrogen-bond donors (Lipinski definition) is 5. The fraction of sp³-hybridized carbons (Fsp3) is 0.571. The van der Waals surface area contributed by atoms with Crippen LogP contribution in [0.4, 0.5) is 0 Å². The zero-order valence-electron chi connectivity index (χ0n) is 23.5. The molecule has 2 heterocycles. The van der Waals surface area contributed by atoms with Crippen molar-refractivity contribution in [2.45, 2.75) is 70.1 Å². The summed E-state index contributed by atoms with van der Waals surface area (Å²) < 4.78 is 0. The van der Waals surface area contributed by atoms with Crippen molar-refractivity contribution < 1.29 is 33.9 Å². The minimum absolute atomic E-state index is 0.260. The van der Waals surface area contributed by atoms with E-state index in [-0.39, 0.29) is 17.7 Å². The van der Waals surface area contributed by atoms with E-state index >= 15 is 0 Å². The predicted octanol–water partition coefficient (Wildman–Crippen LogP) is -1.00. The SMILES string of the molecule is CC(C)[C@H](NC(=O)[C@@H](N)Cc1ccccc1)C(=O)N1CCC[C@H]1C(=O)N1CCC[C@H]1C(=O)NCC(=O)NCC(=O)O. The van der Waals surface area contributed by atoms with Gasteiger partial charge in [0.1, 0.15) is 24.7 Å². The van der Waals surface area contributed by atoms with Crippen LogP contribution in [0.15, 0.2) is 30.3 Å². The van der Waals surface area contributed by atoms with Crippen LogP contribution in [-0.4, -0.2) is 101 Å². The lowest BCUT2D eigenvalue weighted by molar-refractivity contribution is -0.148. The highest BCUT2D eigenvalue weighted by atomic mass is 16.4. The van der Waals surface area contributed by atoms with Crippen LogP contribution in [-0.2, 0) is 35.2 Å². The van der Waals surface area contributed by atoms with Gasteiger partial charge in [-0.05, 0) is 43.6 Å². The lowest BCUT2D eigenvalue weighted by Gasteiger charge is -2.34. The number of aliphatic carboxylic acids is 1. The van der Waals surface area contributed by atoms with Gasteiger partial charge in [0.05, 0.1) is 12.6 Å². The summed E-state index contributed by atoms with van der Waals surface area (Å²) in [6.45, 7) is 3.32. The van der Waals surface area contributed by atoms with Crippen LogP contribution in [0.2, 0.25) is 0 Å². The Labute approximate surface area is 239 Å². The van der Waals surface area contributed by atoms with Crippen molar-refractivity contribution in [3.05, 3.63) is 35.9 Å². The first-order valence-corrected chi connectivity index (χ1v) is 14.0. The van der Waals surface area contributed by atoms with Gasteiger partial charge in [0, 0.05) is 13.1 Å². The summed E-state index contributed by atoms with van der Waals surface area (Å²) in [7, 11) is 0. The molecule has 0 unspecified atom stereocenters. The number of amides is 5. The van der Waals surface area contributed by atoms with Gasteiger partial charge in [-0.1, -0.05) is 44.2 Å². The maximum absolute atomic E-state index is 13.7. The number of rotatable bonds is 12. The Hall–Kier alpha value is -4.00. The van der Waals surface area contributed by atoms with Crippen molar-refractivity contribution in [2.24, 2.45) is 11.7 Å². The molecule has 0 aliphatic carbocycles. The standard InChI is InChI=1S/C28H40N6O7/c1-17(2)24(32-25(38)19(29)14-18-8-4-3-5-9-18)28(41)34-13-7-11-21(34)27(40)33-12-6-10-20(33)26(39)31-15-22(35)30-16-23(36)37/h3-5,8-9,17,19-21,24H,6-7,10-16,29H2,1-2H3,(H,30,35)(H,31,39)(H,32,38)(H,36,37)/t19-,20-,21-,24-/m0/s1. The molecule has 13 heteroatoms. The van der Waals surface area contributed by atoms with Crippen molar-refractivity contribution >= 4 is 35.5 Å². The molecule has 4 atom stereocenters. The number of carboxylic acid groups (broad SMARTS) is 1. The van der Waals surface area contributed by atoms with Crippen LogP contribution in [0.5, 0.6) is 0 Å². The summed E-state index contributed by atoms with van der Waals surface area (Å²) in [4.78, 5) is 78.3. The van der Waals surface area contributed by atoms with Gasteiger partial charge in [0.15, 0.2) is 0 Å². The van der Waals surface area contributed by atoms with E-state index in [2.05, 4.69) is 16.0 Å². The molecule has 1 aromatic carbocycles. The highest BCUT2D eigenvalue weighted by Crippen LogP contribution is 2.26. The normalized spacial score (nSPS) is 19.9. The van der Waals surface area contributed by atoms with Gasteiger partial charge in [-0.2, -0.15) is 0 Å². The van der Waals surface area contributed by atoms with E-state index < -0.39 is 60.9 Å². The summed E-state index contributed by atoms with van der Waals surface area (Å²) in [5, 5.41) is 16.1. The van der Waals surface area contributed by atoms with Crippen molar-refractivity contribution in [3.8, 4) is 0 Å². The Morgan fingerprint density at radius 2 is 1.56 bits per heavy atom. The largest absolute Gasteiger partial charge is 0.480 e. The van der Waals surface area contributed by atoms with Gasteiger partial charge in [-0.25, -0.2) is 0 Å². The molecule has 41 heavy (non-hydrogen) atoms. The summed E-state index contributed by atoms with van der Waals surface area (Å²) in [5.74, 6) is -3.81. The summed E-state index contributed by atoms with van der Waals surface area (Å²) in [6.07, 6.45) is 2.33. The molecule has 5 amide bonds. The Bertz CT molecular complexity index is 1130. The van der Waals surface area contributed by atoms with Gasteiger partial charge in [0.2, 0.25) is 29.5 Å². The topological polar surface area (TPSA) is 191 Å². The van der Waals surface area contributed by atoms with E-state index in [9.17, 15) is 28.8 Å². The molecule has 2 fully saturated rings. The average Bonchev–Trinajstić information content (AvgIpc) is 3.63. The van der Waals surface area contributed by atoms with Gasteiger partial charge < -0.3 is 36.6 Å². The lowest BCUT2D eigenvalue weighted by atomic mass is 10.00. The number of nitrogens with zero attached hydrogens (tertiary/aromatic N) is 2. The maximum Gasteiger partial charge on any atom is 0.322 e. The number of nitrogens with two attached hydrogens (primary N) is 1. The number of benzene rings is 1. The van der Waals surface area contributed by atoms with Gasteiger partial charge in [-0.15, -0.1) is 0 Å². The van der Waals surface area contributed by atoms with Crippen molar-refractivity contribution in [1.29, 1.82) is 0 Å². The lowest BCUT2D eigenvalue weighted by Crippen LogP contribution is -2.58. The second-order valence-corrected chi connectivity index (χ2v) is 10.8. The van der Waals surface area contributed by atoms with E-state index in [4.69, 9.17) is 10.8 Å². The van der Waals surface area contributed by atoms with Crippen molar-refractivity contribution in [3.63, 3.8) is 0 Å². The Morgan fingerprint density at radius 1 is 0.927 bits per heavy atom. The minimum atomic E-state index is -1.21. The molecule has 3 rings (SSSR count). The summed E-state index contributed by atoms with van der Waals surface area (Å²) in [5.41, 5.74) is 7.04. The van der Waals surface area contributed by atoms with Crippen LogP contribution in [0.1, 0.15) is 45.1 Å². The molecule has 0 spiro atoms. The Morgan fingerprint density at radius 3 is 2.20 bits per heavy atom. The number of hydrogen-bond acceptors (Lipinski definition) is 7. The fourth-order valence-corrected chi connectivity index (χ4v) is 5.22. The third kappa shape index (κ3) is 8.49. The zero-order chi connectivity index (χ0) is 30.1. The van der Waals surface area contributed by atoms with Crippen molar-refractivity contribution in [1.82, 2.24) is 25.8 Å². The smallest absolute Gasteiger partial charge is 0.322 e. The first-order valence-electron chi connectivity index (χ1n) is 14.0. The van der Waals surface area contributed by atoms with Crippen LogP contribution < -0.4 is 21.7 Å². The van der Waals surface area contributed by atoms with Gasteiger partial charge in [0.25, 0.3) is 0 Å². The van der Waals surface area contributed by atoms with E-state index in [1.165, 1.54) is 9.80 Å². The minimum Gasteiger partial charge on any atom is -0.480 e. The fourth-order valence-electron chi connectivity index (χ4n) is 5.22. The molecule has 224 valence electrons. The number of carboxylic acids is 1. The van der Waals surface area contributed by atoms with Crippen LogP contribution in [0.3, 0.4) is 0 Å². The van der Waals surface area contributed by atoms with Crippen LogP contribution in [0, 0.1) is 5.92 Å². The molecular formula is C28H40N6O7. The highest BCUT2D eigenvalue weighted by Gasteiger charge is 2.44. The molecule has 2 aliphatic heterocycles. The maximum atomic E-state index is 13.7. The quantitative estimate of drug-likeness (QED) is 0.210. The Balaban J connectivity index is 1.62. The first-order chi connectivity index (χ1) is 19.5. The van der Waals surface area contributed by atoms with Crippen LogP contribution in [0.25, 0.3) is 0 Å². The molecule has 2 saturated heterocycles. The number of carbonyl (C=O) groups excluding carboxylic acids is 5. The third-order valence-electron chi connectivity index (χ3n) is 7.39. The summed E-state index contributed by atoms with van der Waals surface area (Å²) >= 11 is 0. The average molecular weight is 573 g/mol. The van der Waals surface area contributed by atoms with Gasteiger partial charge in [-0.3, -0.25) is 28.8 Å². The van der Waals surface area contributed by atoms with E-state index in [0.29, 0.717) is 45.2 Å². The molecule has 13 nitrogen and oxygen atoms in total. The third-order valence-corrected chi connectivity index (χ3v) is 7.39. The zero-order valence-corrected chi connectivity index (χ0v) is 23.5. The molecule has 0 radical (unpaired) electrons. The van der Waals surface area contributed by atoms with Crippen molar-refractivity contribution in [2.75, 3.05) is 26.2 Å². The van der Waals surface area contributed by atoms with Gasteiger partial charge >= 0.3 is 5.97 Å². The number of nitrogens with one attached hydrogen (secondary N) is 3. The van der Waals surface area contributed by atoms with Crippen LogP contribution >= 0.6 is 0 Å². The van der Waals surface area contributed by atoms with E-state index in [0.717, 1.165) is 5.56 Å². The molecule has 6 N–H and O–H groups in total. The second kappa shape index (κ2) is 14.6. The summed E-state index contributed by atoms with van der Waals surface area (Å²) in [6, 6.07) is 6.04. The monoisotopic (exact) mass is 572 g/mol. The predicted molar refractivity (Wildman–Crippen MR) is 148 cm³/mol. The molecule has 0 aromatic heterocycles. The molecule has 0 saturated carbocycles. The number of carbonyl (C=O) groups is 6. The molecule has 0 bridgehead atoms. The van der Waals surface area contributed by atoms with E-state index in [1.54, 1.807) is 0 Å². The molecule has 1 aromatic rings. The second-order valence-electron chi connectivity index (χ2n) is 10.8. The molecular weight excluding hydrogens is 532 g/mol. The highest BCUT2D eigenvalue weighted by molar-refractivity contribution is 5.96. The number of likely N-dealkylation sites (tertiary alicyclic amines) is 2. The Kier molecular flexibility index (Phi) is 11.2. The first kappa shape index (κ1) is 31.5. The molecule has 2 aliphatic rings. The van der Waals surface area contributed by atoms with E-state index in [1.807, 2.05) is 44.2 Å².